The van der Waals surface area contributed by atoms with E-state index in [2.05, 4.69) is 38.2 Å². The van der Waals surface area contributed by atoms with Crippen LogP contribution in [0.2, 0.25) is 0 Å². The Hall–Kier alpha value is -1.53. The molecule has 2 saturated heterocycles. The van der Waals surface area contributed by atoms with Crippen LogP contribution in [0.1, 0.15) is 251 Å². The summed E-state index contributed by atoms with van der Waals surface area (Å²) < 4.78 is 34.4. The molecule has 0 bridgehead atoms. The van der Waals surface area contributed by atoms with Gasteiger partial charge in [-0.2, -0.15) is 0 Å². The maximum Gasteiger partial charge on any atom is 0.306 e. The Kier molecular flexibility index (Phi) is 44.0. The fraction of sp³-hybridized carbons (Fsp3) is 0.917. The minimum absolute atomic E-state index is 0.0605. The second-order valence-electron chi connectivity index (χ2n) is 21.5. The third-order valence-corrected chi connectivity index (χ3v) is 14.7. The van der Waals surface area contributed by atoms with Gasteiger partial charge in [-0.15, -0.1) is 0 Å². The molecule has 0 aromatic heterocycles. The molecular formula is C60H112O14. The van der Waals surface area contributed by atoms with Crippen LogP contribution in [0.5, 0.6) is 0 Å². The number of unbranched alkanes of at least 4 members (excludes halogenated alkanes) is 32. The Bertz CT molecular complexity index is 1320. The van der Waals surface area contributed by atoms with Gasteiger partial charge in [0.1, 0.15) is 54.9 Å². The lowest BCUT2D eigenvalue weighted by Crippen LogP contribution is -2.61. The van der Waals surface area contributed by atoms with Gasteiger partial charge in [0.25, 0.3) is 0 Å². The number of allylic oxidation sites excluding steroid dienone is 4. The van der Waals surface area contributed by atoms with Gasteiger partial charge >= 0.3 is 5.97 Å². The molecular weight excluding hydrogens is 945 g/mol. The highest BCUT2D eigenvalue weighted by atomic mass is 16.7. The molecule has 11 atom stereocenters. The molecule has 0 aromatic carbocycles. The van der Waals surface area contributed by atoms with E-state index in [9.17, 15) is 40.5 Å². The standard InChI is InChI=1S/C60H112O14/c1-3-5-7-9-11-13-15-17-19-21-22-23-24-25-26-27-28-30-32-34-36-38-40-42-44-69-46-49(72-52(62)43-41-39-37-35-33-31-29-20-18-16-14-12-10-8-6-4-2)47-70-59-58(68)56(66)54(64)51(74-59)48-71-60-57(67)55(65)53(63)50(45-61)73-60/h14,16,20,29,49-51,53-61,63-68H,3-13,15,17-19,21-28,30-48H2,1-2H3/b16-14-,29-20-. The summed E-state index contributed by atoms with van der Waals surface area (Å²) in [4.78, 5) is 13.1. The summed E-state index contributed by atoms with van der Waals surface area (Å²) in [6.45, 7) is 3.71. The van der Waals surface area contributed by atoms with Gasteiger partial charge in [-0.25, -0.2) is 0 Å². The Morgan fingerprint density at radius 2 is 0.838 bits per heavy atom. The van der Waals surface area contributed by atoms with Gasteiger partial charge in [-0.1, -0.05) is 224 Å². The lowest BCUT2D eigenvalue weighted by atomic mass is 9.98. The van der Waals surface area contributed by atoms with E-state index in [1.165, 1.54) is 161 Å². The number of hydrogen-bond donors (Lipinski definition) is 7. The third-order valence-electron chi connectivity index (χ3n) is 14.7. The molecule has 14 heteroatoms. The predicted molar refractivity (Wildman–Crippen MR) is 294 cm³/mol. The molecule has 14 nitrogen and oxygen atoms in total. The molecule has 0 aromatic rings. The SMILES string of the molecule is CCCCCC/C=C\C/C=C\CCCCCCCC(=O)OC(COCCCCCCCCCCCCCCCCCCCCCCCCCC)COC1OC(COC2OC(CO)C(O)C(O)C2O)C(O)C(O)C1O. The van der Waals surface area contributed by atoms with Gasteiger partial charge in [0, 0.05) is 13.0 Å². The number of carbonyl (C=O) groups is 1. The second-order valence-corrected chi connectivity index (χ2v) is 21.5. The third kappa shape index (κ3) is 33.7. The summed E-state index contributed by atoms with van der Waals surface area (Å²) in [7, 11) is 0. The van der Waals surface area contributed by atoms with Crippen molar-refractivity contribution < 1.29 is 69.0 Å². The van der Waals surface area contributed by atoms with Crippen molar-refractivity contribution in [3.63, 3.8) is 0 Å². The van der Waals surface area contributed by atoms with Crippen LogP contribution in [0.4, 0.5) is 0 Å². The van der Waals surface area contributed by atoms with Crippen molar-refractivity contribution in [2.75, 3.05) is 33.0 Å². The molecule has 0 amide bonds. The number of aliphatic hydroxyl groups excluding tert-OH is 7. The zero-order chi connectivity index (χ0) is 53.7. The van der Waals surface area contributed by atoms with E-state index in [4.69, 9.17) is 28.4 Å². The first-order valence-corrected chi connectivity index (χ1v) is 30.4. The molecule has 436 valence electrons. The van der Waals surface area contributed by atoms with E-state index < -0.39 is 80.7 Å². The summed E-state index contributed by atoms with van der Waals surface area (Å²) >= 11 is 0. The molecule has 2 rings (SSSR count). The zero-order valence-corrected chi connectivity index (χ0v) is 46.8. The van der Waals surface area contributed by atoms with Gasteiger partial charge in [0.05, 0.1) is 26.4 Å². The molecule has 11 unspecified atom stereocenters. The normalized spacial score (nSPS) is 24.9. The average molecular weight is 1060 g/mol. The Balaban J connectivity index is 1.68. The lowest BCUT2D eigenvalue weighted by Gasteiger charge is -2.42. The Morgan fingerprint density at radius 3 is 1.31 bits per heavy atom. The summed E-state index contributed by atoms with van der Waals surface area (Å²) in [6, 6.07) is 0. The van der Waals surface area contributed by atoms with Gasteiger partial charge in [0.15, 0.2) is 12.6 Å². The van der Waals surface area contributed by atoms with E-state index in [1.54, 1.807) is 0 Å². The molecule has 2 aliphatic rings. The average Bonchev–Trinajstić information content (AvgIpc) is 3.40. The highest BCUT2D eigenvalue weighted by Gasteiger charge is 2.47. The smallest absolute Gasteiger partial charge is 0.306 e. The number of carbonyl (C=O) groups excluding carboxylic acids is 1. The lowest BCUT2D eigenvalue weighted by molar-refractivity contribution is -0.332. The first-order valence-electron chi connectivity index (χ1n) is 30.4. The van der Waals surface area contributed by atoms with Crippen LogP contribution in [-0.2, 0) is 33.2 Å². The summed E-state index contributed by atoms with van der Waals surface area (Å²) in [6.07, 6.45) is 38.2. The molecule has 0 aliphatic carbocycles. The maximum atomic E-state index is 13.1. The van der Waals surface area contributed by atoms with Crippen LogP contribution in [0.15, 0.2) is 24.3 Å². The van der Waals surface area contributed by atoms with Crippen molar-refractivity contribution in [3.8, 4) is 0 Å². The molecule has 74 heavy (non-hydrogen) atoms. The van der Waals surface area contributed by atoms with Gasteiger partial charge in [-0.3, -0.25) is 4.79 Å². The van der Waals surface area contributed by atoms with Crippen LogP contribution in [0.3, 0.4) is 0 Å². The molecule has 2 fully saturated rings. The number of esters is 1. The molecule has 0 saturated carbocycles. The minimum Gasteiger partial charge on any atom is -0.457 e. The number of hydrogen-bond acceptors (Lipinski definition) is 14. The highest BCUT2D eigenvalue weighted by Crippen LogP contribution is 2.27. The van der Waals surface area contributed by atoms with Crippen LogP contribution in [0, 0.1) is 0 Å². The number of rotatable bonds is 50. The Morgan fingerprint density at radius 1 is 0.446 bits per heavy atom. The molecule has 2 aliphatic heterocycles. The quantitative estimate of drug-likeness (QED) is 0.0172. The van der Waals surface area contributed by atoms with E-state index in [1.807, 2.05) is 0 Å². The van der Waals surface area contributed by atoms with Crippen molar-refractivity contribution in [3.05, 3.63) is 24.3 Å². The van der Waals surface area contributed by atoms with E-state index in [0.29, 0.717) is 13.0 Å². The van der Waals surface area contributed by atoms with Crippen LogP contribution < -0.4 is 0 Å². The fourth-order valence-electron chi connectivity index (χ4n) is 9.79. The largest absolute Gasteiger partial charge is 0.457 e. The van der Waals surface area contributed by atoms with Crippen LogP contribution in [0.25, 0.3) is 0 Å². The van der Waals surface area contributed by atoms with Crippen molar-refractivity contribution >= 4 is 5.97 Å². The molecule has 7 N–H and O–H groups in total. The van der Waals surface area contributed by atoms with Crippen molar-refractivity contribution in [1.82, 2.24) is 0 Å². The minimum atomic E-state index is -1.71. The van der Waals surface area contributed by atoms with Crippen LogP contribution in [-0.4, -0.2) is 142 Å². The van der Waals surface area contributed by atoms with E-state index >= 15 is 0 Å². The van der Waals surface area contributed by atoms with Crippen molar-refractivity contribution in [1.29, 1.82) is 0 Å². The van der Waals surface area contributed by atoms with Crippen molar-refractivity contribution in [2.24, 2.45) is 0 Å². The van der Waals surface area contributed by atoms with Crippen molar-refractivity contribution in [2.45, 2.75) is 319 Å². The van der Waals surface area contributed by atoms with Gasteiger partial charge in [0.2, 0.25) is 0 Å². The molecule has 0 spiro atoms. The monoisotopic (exact) mass is 1060 g/mol. The van der Waals surface area contributed by atoms with Gasteiger partial charge in [-0.05, 0) is 44.9 Å². The summed E-state index contributed by atoms with van der Waals surface area (Å²) in [5.74, 6) is -0.385. The fourth-order valence-corrected chi connectivity index (χ4v) is 9.79. The maximum absolute atomic E-state index is 13.1. The molecule has 0 radical (unpaired) electrons. The highest BCUT2D eigenvalue weighted by molar-refractivity contribution is 5.69. The second kappa shape index (κ2) is 47.5. The predicted octanol–water partition coefficient (Wildman–Crippen LogP) is 11.1. The Labute approximate surface area is 449 Å². The molecule has 2 heterocycles. The first kappa shape index (κ1) is 68.6. The number of ether oxygens (including phenoxy) is 6. The number of aliphatic hydroxyl groups is 7. The topological polar surface area (TPSA) is 214 Å². The van der Waals surface area contributed by atoms with Gasteiger partial charge < -0.3 is 64.2 Å². The first-order chi connectivity index (χ1) is 36.1. The van der Waals surface area contributed by atoms with E-state index in [-0.39, 0.29) is 25.6 Å². The van der Waals surface area contributed by atoms with Crippen LogP contribution >= 0.6 is 0 Å². The summed E-state index contributed by atoms with van der Waals surface area (Å²) in [5.41, 5.74) is 0. The zero-order valence-electron chi connectivity index (χ0n) is 46.8. The van der Waals surface area contributed by atoms with E-state index in [0.717, 1.165) is 64.2 Å². The summed E-state index contributed by atoms with van der Waals surface area (Å²) in [5, 5.41) is 72.4.